The van der Waals surface area contributed by atoms with Crippen LogP contribution in [0.4, 0.5) is 5.95 Å². The molecule has 1 saturated heterocycles. The number of nitrogens with one attached hydrogen (secondary N) is 2. The smallest absolute Gasteiger partial charge is 0.203 e. The van der Waals surface area contributed by atoms with Crippen LogP contribution in [0.5, 0.6) is 0 Å². The van der Waals surface area contributed by atoms with Crippen molar-refractivity contribution in [1.82, 2.24) is 15.3 Å². The minimum Gasteiger partial charge on any atom is -0.340 e. The number of aromatic amines is 1. The van der Waals surface area contributed by atoms with E-state index in [0.29, 0.717) is 0 Å². The number of rotatable bonds is 1. The van der Waals surface area contributed by atoms with E-state index < -0.39 is 0 Å². The van der Waals surface area contributed by atoms with E-state index in [1.807, 2.05) is 0 Å². The molecule has 98 valence electrons. The maximum Gasteiger partial charge on any atom is 0.203 e. The van der Waals surface area contributed by atoms with E-state index in [0.717, 1.165) is 52.1 Å². The molecule has 2 heterocycles. The molecule has 2 aromatic rings. The van der Waals surface area contributed by atoms with Gasteiger partial charge in [-0.15, -0.1) is 0 Å². The highest BCUT2D eigenvalue weighted by Crippen LogP contribution is 2.28. The van der Waals surface area contributed by atoms with Crippen molar-refractivity contribution in [3.63, 3.8) is 0 Å². The molecular formula is C11H14B2Br2N4. The number of piperazine rings is 1. The van der Waals surface area contributed by atoms with Crippen LogP contribution in [0.2, 0.25) is 0 Å². The van der Waals surface area contributed by atoms with E-state index in [-0.39, 0.29) is 0 Å². The molecule has 0 unspecified atom stereocenters. The number of aromatic nitrogens is 2. The van der Waals surface area contributed by atoms with Gasteiger partial charge in [-0.1, -0.05) is 10.9 Å². The summed E-state index contributed by atoms with van der Waals surface area (Å²) in [6.07, 6.45) is 0. The highest BCUT2D eigenvalue weighted by Gasteiger charge is 2.18. The van der Waals surface area contributed by atoms with Crippen LogP contribution in [-0.2, 0) is 0 Å². The van der Waals surface area contributed by atoms with E-state index in [1.165, 1.54) is 10.9 Å². The van der Waals surface area contributed by atoms with Gasteiger partial charge in [0.05, 0.1) is 5.52 Å². The molecule has 0 amide bonds. The van der Waals surface area contributed by atoms with Crippen molar-refractivity contribution in [2.75, 3.05) is 31.1 Å². The van der Waals surface area contributed by atoms with Crippen molar-refractivity contribution in [2.45, 2.75) is 0 Å². The van der Waals surface area contributed by atoms with Crippen LogP contribution in [0.15, 0.2) is 8.95 Å². The van der Waals surface area contributed by atoms with Gasteiger partial charge < -0.3 is 15.2 Å². The fourth-order valence-electron chi connectivity index (χ4n) is 2.40. The molecule has 1 aromatic carbocycles. The predicted molar refractivity (Wildman–Crippen MR) is 92.9 cm³/mol. The molecule has 0 radical (unpaired) electrons. The molecule has 1 aromatic heterocycles. The van der Waals surface area contributed by atoms with Crippen LogP contribution in [0.1, 0.15) is 0 Å². The molecule has 19 heavy (non-hydrogen) atoms. The van der Waals surface area contributed by atoms with Gasteiger partial charge >= 0.3 is 0 Å². The van der Waals surface area contributed by atoms with Gasteiger partial charge in [-0.3, -0.25) is 0 Å². The third kappa shape index (κ3) is 2.23. The number of imidazole rings is 1. The molecule has 0 spiro atoms. The summed E-state index contributed by atoms with van der Waals surface area (Å²) in [5, 5.41) is 3.36. The van der Waals surface area contributed by atoms with Crippen LogP contribution in [0.25, 0.3) is 11.0 Å². The van der Waals surface area contributed by atoms with Gasteiger partial charge in [-0.25, -0.2) is 4.98 Å². The van der Waals surface area contributed by atoms with Gasteiger partial charge in [0, 0.05) is 35.1 Å². The number of hydrogen-bond acceptors (Lipinski definition) is 3. The van der Waals surface area contributed by atoms with Gasteiger partial charge in [0.15, 0.2) is 0 Å². The highest BCUT2D eigenvalue weighted by atomic mass is 79.9. The molecule has 2 N–H and O–H groups in total. The minimum absolute atomic E-state index is 0.961. The largest absolute Gasteiger partial charge is 0.340 e. The van der Waals surface area contributed by atoms with Crippen LogP contribution in [0.3, 0.4) is 0 Å². The molecule has 8 heteroatoms. The number of nitrogens with zero attached hydrogens (tertiary/aromatic N) is 2. The normalized spacial score (nSPS) is 16.2. The maximum atomic E-state index is 4.76. The lowest BCUT2D eigenvalue weighted by Gasteiger charge is -2.26. The lowest BCUT2D eigenvalue weighted by Crippen LogP contribution is -2.44. The quantitative estimate of drug-likeness (QED) is 0.622. The third-order valence-corrected chi connectivity index (χ3v) is 5.72. The number of benzene rings is 1. The van der Waals surface area contributed by atoms with E-state index in [2.05, 4.69) is 62.8 Å². The molecule has 1 aliphatic heterocycles. The maximum absolute atomic E-state index is 4.76. The number of halogens is 2. The zero-order valence-electron chi connectivity index (χ0n) is 11.0. The van der Waals surface area contributed by atoms with Crippen LogP contribution in [0, 0.1) is 0 Å². The zero-order valence-corrected chi connectivity index (χ0v) is 14.2. The molecule has 0 atom stereocenters. The molecule has 1 aliphatic rings. The van der Waals surface area contributed by atoms with Crippen molar-refractivity contribution >= 4 is 75.5 Å². The first-order valence-electron chi connectivity index (χ1n) is 6.39. The first-order chi connectivity index (χ1) is 9.09. The number of fused-ring (bicyclic) bond motifs is 1. The molecule has 3 rings (SSSR count). The Hall–Kier alpha value is -0.460. The average Bonchev–Trinajstić information content (AvgIpc) is 2.89. The summed E-state index contributed by atoms with van der Waals surface area (Å²) in [5.74, 6) is 0.961. The standard InChI is InChI=1S/C11H14B2Br2N4/c12-5-6(13)8(15)10-9(7(5)14)17-11(18-10)19-3-1-16-2-4-19/h16H,1-4,12-13H2,(H,17,18). The fourth-order valence-corrected chi connectivity index (χ4v) is 3.57. The van der Waals surface area contributed by atoms with Gasteiger partial charge in [0.1, 0.15) is 21.2 Å². The summed E-state index contributed by atoms with van der Waals surface area (Å²) in [5.41, 5.74) is 4.56. The minimum atomic E-state index is 0.961. The van der Waals surface area contributed by atoms with E-state index in [9.17, 15) is 0 Å². The van der Waals surface area contributed by atoms with Gasteiger partial charge in [-0.05, 0) is 31.9 Å². The second kappa shape index (κ2) is 5.14. The number of H-pyrrole nitrogens is 1. The Labute approximate surface area is 130 Å². The molecule has 0 saturated carbocycles. The molecule has 0 aliphatic carbocycles. The SMILES string of the molecule is Bc1c(B)c(Br)c2[nH]c(N3CCNCC3)nc2c1Br. The zero-order chi connectivity index (χ0) is 13.6. The second-order valence-corrected chi connectivity index (χ2v) is 6.49. The van der Waals surface area contributed by atoms with Crippen LogP contribution < -0.4 is 21.1 Å². The third-order valence-electron chi connectivity index (χ3n) is 3.76. The van der Waals surface area contributed by atoms with E-state index in [4.69, 9.17) is 4.98 Å². The summed E-state index contributed by atoms with van der Waals surface area (Å²) in [4.78, 5) is 10.5. The van der Waals surface area contributed by atoms with Crippen LogP contribution >= 0.6 is 31.9 Å². The Morgan fingerprint density at radius 2 is 1.68 bits per heavy atom. The second-order valence-electron chi connectivity index (χ2n) is 4.90. The average molecular weight is 384 g/mol. The van der Waals surface area contributed by atoms with Crippen molar-refractivity contribution in [3.05, 3.63) is 8.95 Å². The molecule has 0 bridgehead atoms. The predicted octanol–water partition coefficient (Wildman–Crippen LogP) is -0.986. The lowest BCUT2D eigenvalue weighted by molar-refractivity contribution is 0.582. The monoisotopic (exact) mass is 382 g/mol. The Bertz CT molecular complexity index is 592. The molecule has 4 nitrogen and oxygen atoms in total. The highest BCUT2D eigenvalue weighted by molar-refractivity contribution is 9.11. The summed E-state index contributed by atoms with van der Waals surface area (Å²) < 4.78 is 2.19. The molecule has 1 fully saturated rings. The summed E-state index contributed by atoms with van der Waals surface area (Å²) >= 11 is 7.35. The Kier molecular flexibility index (Phi) is 3.66. The Balaban J connectivity index is 2.14. The van der Waals surface area contributed by atoms with Gasteiger partial charge in [0.2, 0.25) is 5.95 Å². The summed E-state index contributed by atoms with van der Waals surface area (Å²) in [6, 6.07) is 0. The number of hydrogen-bond donors (Lipinski definition) is 2. The van der Waals surface area contributed by atoms with Crippen molar-refractivity contribution in [2.24, 2.45) is 0 Å². The fraction of sp³-hybridized carbons (Fsp3) is 0.364. The van der Waals surface area contributed by atoms with E-state index in [1.54, 1.807) is 0 Å². The summed E-state index contributed by atoms with van der Waals surface area (Å²) in [7, 11) is 4.23. The lowest BCUT2D eigenvalue weighted by atomic mass is 9.80. The first kappa shape index (κ1) is 13.5. The molecular weight excluding hydrogens is 370 g/mol. The van der Waals surface area contributed by atoms with Gasteiger partial charge in [0.25, 0.3) is 0 Å². The Morgan fingerprint density at radius 3 is 2.37 bits per heavy atom. The van der Waals surface area contributed by atoms with Crippen molar-refractivity contribution in [1.29, 1.82) is 0 Å². The topological polar surface area (TPSA) is 44.0 Å². The van der Waals surface area contributed by atoms with Gasteiger partial charge in [-0.2, -0.15) is 0 Å². The van der Waals surface area contributed by atoms with E-state index >= 15 is 0 Å². The first-order valence-corrected chi connectivity index (χ1v) is 7.97. The Morgan fingerprint density at radius 1 is 1.05 bits per heavy atom. The van der Waals surface area contributed by atoms with Crippen LogP contribution in [-0.4, -0.2) is 51.8 Å². The number of anilines is 1. The summed E-state index contributed by atoms with van der Waals surface area (Å²) in [6.45, 7) is 4.01. The van der Waals surface area contributed by atoms with Crippen molar-refractivity contribution < 1.29 is 0 Å². The van der Waals surface area contributed by atoms with Crippen molar-refractivity contribution in [3.8, 4) is 0 Å².